The van der Waals surface area contributed by atoms with Crippen molar-refractivity contribution in [2.24, 2.45) is 0 Å². The lowest BCUT2D eigenvalue weighted by molar-refractivity contribution is -0.339. The molecule has 0 bridgehead atoms. The van der Waals surface area contributed by atoms with Gasteiger partial charge in [-0.2, -0.15) is 0 Å². The van der Waals surface area contributed by atoms with Crippen LogP contribution in [-0.2, 0) is 14.4 Å². The molecule has 0 saturated carbocycles. The number of carbonyl (C=O) groups excluding carboxylic acids is 3. The molecule has 11 nitrogen and oxygen atoms in total. The number of aliphatic hydroxyl groups is 1. The molecule has 0 aromatic carbocycles. The van der Waals surface area contributed by atoms with Gasteiger partial charge in [0.1, 0.15) is 5.60 Å². The fraction of sp³-hybridized carbons (Fsp3) is 0.500. The lowest BCUT2D eigenvalue weighted by Gasteiger charge is -2.29. The maximum absolute atomic E-state index is 10.1. The van der Waals surface area contributed by atoms with E-state index >= 15 is 0 Å². The number of carbonyl (C=O) groups is 3. The minimum atomic E-state index is -2.97. The first-order valence-corrected chi connectivity index (χ1v) is 3.11. The van der Waals surface area contributed by atoms with Crippen LogP contribution in [-0.4, -0.2) is 28.6 Å². The average molecular weight is 280 g/mol. The molecule has 0 aromatic heterocycles. The molecule has 0 aromatic rings. The lowest BCUT2D eigenvalue weighted by atomic mass is 9.96. The maximum Gasteiger partial charge on any atom is 0.114 e. The Balaban J connectivity index is -0.0000000720. The number of rotatable bonds is 5. The molecule has 12 heteroatoms. The molecule has 0 aliphatic rings. The normalized spacial score (nSPS) is 7.83. The van der Waals surface area contributed by atoms with Crippen LogP contribution in [0.5, 0.6) is 0 Å². The predicted molar refractivity (Wildman–Crippen MR) is 53.1 cm³/mol. The van der Waals surface area contributed by atoms with E-state index in [1.807, 2.05) is 0 Å². The fourth-order valence-corrected chi connectivity index (χ4v) is 0.684. The van der Waals surface area contributed by atoms with E-state index < -0.39 is 36.4 Å². The molecular weight excluding hydrogens is 259 g/mol. The van der Waals surface area contributed by atoms with Gasteiger partial charge in [-0.15, -0.1) is 0 Å². The highest BCUT2D eigenvalue weighted by molar-refractivity contribution is 5.86. The van der Waals surface area contributed by atoms with Crippen LogP contribution in [0.2, 0.25) is 0 Å². The van der Waals surface area contributed by atoms with Crippen molar-refractivity contribution in [2.45, 2.75) is 18.4 Å². The van der Waals surface area contributed by atoms with E-state index in [1.165, 1.54) is 0 Å². The molecule has 0 aliphatic carbocycles. The van der Waals surface area contributed by atoms with Gasteiger partial charge in [-0.3, -0.25) is 0 Å². The van der Waals surface area contributed by atoms with Gasteiger partial charge in [-0.25, -0.2) is 0 Å². The second-order valence-electron chi connectivity index (χ2n) is 2.42. The Bertz CT molecular complexity index is 246. The van der Waals surface area contributed by atoms with Crippen molar-refractivity contribution in [2.75, 3.05) is 0 Å². The zero-order valence-corrected chi connectivity index (χ0v) is 10.7. The quantitative estimate of drug-likeness (QED) is 0.323. The van der Waals surface area contributed by atoms with Crippen LogP contribution in [0, 0.1) is 0 Å². The summed E-state index contributed by atoms with van der Waals surface area (Å²) in [6.07, 6.45) is -2.72. The second kappa shape index (κ2) is 13.2. The molecular formula is C6H21FN4O7. The number of hydrogen-bond donors (Lipinski definition) is 5. The number of aliphatic carboxylic acids is 3. The molecule has 114 valence electrons. The summed E-state index contributed by atoms with van der Waals surface area (Å²) in [5, 5.41) is 38.9. The van der Waals surface area contributed by atoms with Gasteiger partial charge in [0.15, 0.2) is 0 Å². The first-order chi connectivity index (χ1) is 5.78. The topological polar surface area (TPSA) is 287 Å². The third-order valence-electron chi connectivity index (χ3n) is 1.25. The Labute approximate surface area is 101 Å². The number of carboxylic acid groups (broad SMARTS) is 3. The van der Waals surface area contributed by atoms with E-state index in [-0.39, 0.29) is 29.3 Å². The molecule has 0 rings (SSSR count). The molecule has 17 N–H and O–H groups in total. The second-order valence-corrected chi connectivity index (χ2v) is 2.42. The van der Waals surface area contributed by atoms with Gasteiger partial charge in [0.2, 0.25) is 0 Å². The Morgan fingerprint density at radius 1 is 0.833 bits per heavy atom. The lowest BCUT2D eigenvalue weighted by Crippen LogP contribution is -3.00. The van der Waals surface area contributed by atoms with Crippen molar-refractivity contribution in [3.63, 3.8) is 0 Å². The fourth-order valence-electron chi connectivity index (χ4n) is 0.684. The van der Waals surface area contributed by atoms with Crippen LogP contribution in [0.1, 0.15) is 12.8 Å². The molecule has 0 unspecified atom stereocenters. The van der Waals surface area contributed by atoms with Crippen molar-refractivity contribution in [1.29, 1.82) is 0 Å². The highest BCUT2D eigenvalue weighted by atomic mass is 19.0. The Morgan fingerprint density at radius 2 is 1.06 bits per heavy atom. The molecule has 0 saturated heterocycles. The standard InChI is InChI=1S/C6H8O7.FH.4H3N/c7-3(8)1-6(13,5(11)12)2-4(9)10;;;;;/h13H,1-2H2,(H,7,8)(H,9,10)(H,11,12);1H;4*1H3. The molecule has 0 aliphatic heterocycles. The molecule has 0 heterocycles. The van der Waals surface area contributed by atoms with Gasteiger partial charge in [0.05, 0.1) is 5.97 Å². The van der Waals surface area contributed by atoms with E-state index in [9.17, 15) is 29.7 Å². The van der Waals surface area contributed by atoms with Crippen molar-refractivity contribution in [3.8, 4) is 0 Å². The van der Waals surface area contributed by atoms with E-state index in [1.54, 1.807) is 0 Å². The summed E-state index contributed by atoms with van der Waals surface area (Å²) < 4.78 is 0. The minimum Gasteiger partial charge on any atom is -1.00 e. The summed E-state index contributed by atoms with van der Waals surface area (Å²) in [6, 6.07) is 0. The summed E-state index contributed by atoms with van der Waals surface area (Å²) in [4.78, 5) is 30.0. The van der Waals surface area contributed by atoms with Crippen molar-refractivity contribution < 1.29 is 39.5 Å². The highest BCUT2D eigenvalue weighted by Crippen LogP contribution is 2.13. The van der Waals surface area contributed by atoms with E-state index in [0.717, 1.165) is 0 Å². The van der Waals surface area contributed by atoms with Crippen LogP contribution >= 0.6 is 0 Å². The monoisotopic (exact) mass is 280 g/mol. The molecule has 0 amide bonds. The Hall–Kier alpha value is -1.86. The smallest absolute Gasteiger partial charge is 0.114 e. The number of carboxylic acids is 3. The van der Waals surface area contributed by atoms with Gasteiger partial charge < -0.3 is 64.1 Å². The number of quaternary nitrogens is 4. The van der Waals surface area contributed by atoms with Crippen LogP contribution in [0.15, 0.2) is 0 Å². The summed E-state index contributed by atoms with van der Waals surface area (Å²) in [5.41, 5.74) is -2.97. The molecule has 18 heavy (non-hydrogen) atoms. The first kappa shape index (κ1) is 36.0. The van der Waals surface area contributed by atoms with Crippen LogP contribution < -0.4 is 44.6 Å². The highest BCUT2D eigenvalue weighted by Gasteiger charge is 2.29. The van der Waals surface area contributed by atoms with E-state index in [0.29, 0.717) is 0 Å². The summed E-state index contributed by atoms with van der Waals surface area (Å²) >= 11 is 0. The van der Waals surface area contributed by atoms with Gasteiger partial charge in [0, 0.05) is 24.8 Å². The largest absolute Gasteiger partial charge is 1.00 e. The molecule has 0 atom stereocenters. The van der Waals surface area contributed by atoms with Crippen LogP contribution in [0.4, 0.5) is 0 Å². The molecule has 0 spiro atoms. The van der Waals surface area contributed by atoms with Crippen molar-refractivity contribution >= 4 is 17.9 Å². The summed E-state index contributed by atoms with van der Waals surface area (Å²) in [5.74, 6) is -5.98. The van der Waals surface area contributed by atoms with Gasteiger partial charge in [-0.05, 0) is 0 Å². The third kappa shape index (κ3) is 12.2. The maximum atomic E-state index is 10.1. The van der Waals surface area contributed by atoms with Crippen molar-refractivity contribution in [3.05, 3.63) is 0 Å². The number of halogens is 1. The average Bonchev–Trinajstić information content (AvgIpc) is 1.82. The summed E-state index contributed by atoms with van der Waals surface area (Å²) in [6.45, 7) is 0. The summed E-state index contributed by atoms with van der Waals surface area (Å²) in [7, 11) is 0. The SMILES string of the molecule is O=C([O-])CC(O)(CC(=O)[O-])C(=O)[O-].[F-].[NH4+].[NH4+].[NH4+].[NH4+]. The third-order valence-corrected chi connectivity index (χ3v) is 1.25. The van der Waals surface area contributed by atoms with E-state index in [2.05, 4.69) is 0 Å². The predicted octanol–water partition coefficient (Wildman–Crippen LogP) is -6.74. The zero-order valence-electron chi connectivity index (χ0n) is 10.7. The van der Waals surface area contributed by atoms with Crippen molar-refractivity contribution in [1.82, 2.24) is 24.6 Å². The zero-order chi connectivity index (χ0) is 10.6. The van der Waals surface area contributed by atoms with Gasteiger partial charge in [0.25, 0.3) is 0 Å². The first-order valence-electron chi connectivity index (χ1n) is 3.11. The van der Waals surface area contributed by atoms with Gasteiger partial charge >= 0.3 is 0 Å². The van der Waals surface area contributed by atoms with Crippen LogP contribution in [0.3, 0.4) is 0 Å². The molecule has 0 fully saturated rings. The van der Waals surface area contributed by atoms with E-state index in [4.69, 9.17) is 5.11 Å². The molecule has 0 radical (unpaired) electrons. The number of hydrogen-bond acceptors (Lipinski definition) is 7. The van der Waals surface area contributed by atoms with Crippen LogP contribution in [0.25, 0.3) is 0 Å². The minimum absolute atomic E-state index is 0. The Kier molecular flexibility index (Phi) is 26.4. The Morgan fingerprint density at radius 3 is 1.17 bits per heavy atom. The van der Waals surface area contributed by atoms with Gasteiger partial charge in [-0.1, -0.05) is 0 Å².